The minimum atomic E-state index is 0.0332. The van der Waals surface area contributed by atoms with Gasteiger partial charge in [-0.3, -0.25) is 0 Å². The van der Waals surface area contributed by atoms with E-state index in [1.165, 1.54) is 0 Å². The zero-order chi connectivity index (χ0) is 8.97. The van der Waals surface area contributed by atoms with Crippen LogP contribution in [0.15, 0.2) is 0 Å². The van der Waals surface area contributed by atoms with Gasteiger partial charge in [0.05, 0.1) is 0 Å². The van der Waals surface area contributed by atoms with Gasteiger partial charge in [-0.1, -0.05) is 0 Å². The highest BCUT2D eigenvalue weighted by atomic mass is 16.2. The first-order valence-electron chi connectivity index (χ1n) is 4.44. The Balaban J connectivity index is 2.40. The molecule has 2 N–H and O–H groups in total. The summed E-state index contributed by atoms with van der Waals surface area (Å²) in [5.41, 5.74) is 0. The summed E-state index contributed by atoms with van der Waals surface area (Å²) in [6, 6.07) is 0.561. The van der Waals surface area contributed by atoms with E-state index in [1.54, 1.807) is 7.05 Å². The maximum Gasteiger partial charge on any atom is 0.317 e. The Morgan fingerprint density at radius 2 is 2.33 bits per heavy atom. The van der Waals surface area contributed by atoms with Crippen molar-refractivity contribution < 1.29 is 4.79 Å². The third-order valence-electron chi connectivity index (χ3n) is 2.21. The molecular weight excluding hydrogens is 154 g/mol. The van der Waals surface area contributed by atoms with E-state index in [4.69, 9.17) is 0 Å². The Labute approximate surface area is 73.3 Å². The predicted molar refractivity (Wildman–Crippen MR) is 48.1 cm³/mol. The van der Waals surface area contributed by atoms with Crippen LogP contribution in [-0.2, 0) is 0 Å². The van der Waals surface area contributed by atoms with E-state index in [9.17, 15) is 4.79 Å². The Hall–Kier alpha value is -0.770. The molecule has 1 fully saturated rings. The molecular formula is C8H17N3O. The Kier molecular flexibility index (Phi) is 3.34. The summed E-state index contributed by atoms with van der Waals surface area (Å²) < 4.78 is 0. The minimum absolute atomic E-state index is 0.0332. The van der Waals surface area contributed by atoms with E-state index >= 15 is 0 Å². The number of rotatable bonds is 0. The van der Waals surface area contributed by atoms with Crippen molar-refractivity contribution in [2.45, 2.75) is 19.4 Å². The van der Waals surface area contributed by atoms with E-state index in [0.717, 1.165) is 26.1 Å². The van der Waals surface area contributed by atoms with Crippen molar-refractivity contribution in [3.05, 3.63) is 0 Å². The van der Waals surface area contributed by atoms with Gasteiger partial charge in [-0.15, -0.1) is 0 Å². The van der Waals surface area contributed by atoms with Crippen molar-refractivity contribution in [1.82, 2.24) is 15.5 Å². The van der Waals surface area contributed by atoms with Crippen LogP contribution in [-0.4, -0.2) is 43.7 Å². The topological polar surface area (TPSA) is 44.4 Å². The lowest BCUT2D eigenvalue weighted by molar-refractivity contribution is 0.203. The van der Waals surface area contributed by atoms with Crippen LogP contribution in [0.4, 0.5) is 4.79 Å². The number of nitrogens with one attached hydrogen (secondary N) is 2. The van der Waals surface area contributed by atoms with Gasteiger partial charge >= 0.3 is 6.03 Å². The molecule has 0 aromatic heterocycles. The molecule has 0 spiro atoms. The zero-order valence-electron chi connectivity index (χ0n) is 7.76. The smallest absolute Gasteiger partial charge is 0.317 e. The van der Waals surface area contributed by atoms with Crippen molar-refractivity contribution in [3.63, 3.8) is 0 Å². The van der Waals surface area contributed by atoms with Gasteiger partial charge in [-0.2, -0.15) is 0 Å². The van der Waals surface area contributed by atoms with E-state index in [0.29, 0.717) is 6.04 Å². The highest BCUT2D eigenvalue weighted by molar-refractivity contribution is 5.73. The maximum absolute atomic E-state index is 11.2. The van der Waals surface area contributed by atoms with Gasteiger partial charge in [0.1, 0.15) is 0 Å². The average molecular weight is 171 g/mol. The molecule has 70 valence electrons. The second kappa shape index (κ2) is 4.30. The van der Waals surface area contributed by atoms with Gasteiger partial charge in [-0.05, 0) is 13.3 Å². The first-order chi connectivity index (χ1) is 5.74. The summed E-state index contributed by atoms with van der Waals surface area (Å²) in [4.78, 5) is 13.1. The second-order valence-corrected chi connectivity index (χ2v) is 3.19. The molecule has 1 aliphatic heterocycles. The van der Waals surface area contributed by atoms with Crippen molar-refractivity contribution in [1.29, 1.82) is 0 Å². The van der Waals surface area contributed by atoms with Gasteiger partial charge in [0.15, 0.2) is 0 Å². The standard InChI is InChI=1S/C8H17N3O/c1-7-3-5-11(6-4-10-7)8(12)9-2/h7,10H,3-6H2,1-2H3,(H,9,12). The fourth-order valence-corrected chi connectivity index (χ4v) is 1.37. The van der Waals surface area contributed by atoms with E-state index in [1.807, 2.05) is 4.90 Å². The summed E-state index contributed by atoms with van der Waals surface area (Å²) in [6.45, 7) is 4.71. The summed E-state index contributed by atoms with van der Waals surface area (Å²) in [7, 11) is 1.67. The predicted octanol–water partition coefficient (Wildman–Crippen LogP) is 0.00960. The number of nitrogens with zero attached hydrogens (tertiary/aromatic N) is 1. The molecule has 1 rings (SSSR count). The lowest BCUT2D eigenvalue weighted by Gasteiger charge is -2.18. The fourth-order valence-electron chi connectivity index (χ4n) is 1.37. The highest BCUT2D eigenvalue weighted by Gasteiger charge is 2.15. The van der Waals surface area contributed by atoms with Crippen molar-refractivity contribution in [3.8, 4) is 0 Å². The lowest BCUT2D eigenvalue weighted by atomic mass is 10.2. The molecule has 4 nitrogen and oxygen atoms in total. The van der Waals surface area contributed by atoms with Gasteiger partial charge in [0.25, 0.3) is 0 Å². The van der Waals surface area contributed by atoms with E-state index in [-0.39, 0.29) is 6.03 Å². The van der Waals surface area contributed by atoms with Crippen LogP contribution in [0.25, 0.3) is 0 Å². The second-order valence-electron chi connectivity index (χ2n) is 3.19. The summed E-state index contributed by atoms with van der Waals surface area (Å²) in [5, 5.41) is 5.97. The largest absolute Gasteiger partial charge is 0.341 e. The summed E-state index contributed by atoms with van der Waals surface area (Å²) >= 11 is 0. The van der Waals surface area contributed by atoms with Gasteiger partial charge < -0.3 is 15.5 Å². The highest BCUT2D eigenvalue weighted by Crippen LogP contribution is 2.00. The average Bonchev–Trinajstić information content (AvgIpc) is 2.29. The van der Waals surface area contributed by atoms with Crippen LogP contribution >= 0.6 is 0 Å². The SMILES string of the molecule is CNC(=O)N1CCNC(C)CC1. The molecule has 1 atom stereocenters. The fraction of sp³-hybridized carbons (Fsp3) is 0.875. The van der Waals surface area contributed by atoms with Crippen LogP contribution in [0, 0.1) is 0 Å². The number of hydrogen-bond donors (Lipinski definition) is 2. The molecule has 2 amide bonds. The van der Waals surface area contributed by atoms with Crippen LogP contribution in [0.3, 0.4) is 0 Å². The minimum Gasteiger partial charge on any atom is -0.341 e. The van der Waals surface area contributed by atoms with E-state index < -0.39 is 0 Å². The number of urea groups is 1. The normalized spacial score (nSPS) is 24.8. The summed E-state index contributed by atoms with van der Waals surface area (Å²) in [5.74, 6) is 0. The molecule has 0 radical (unpaired) electrons. The maximum atomic E-state index is 11.2. The molecule has 1 saturated heterocycles. The van der Waals surface area contributed by atoms with Crippen molar-refractivity contribution >= 4 is 6.03 Å². The van der Waals surface area contributed by atoms with Crippen molar-refractivity contribution in [2.24, 2.45) is 0 Å². The van der Waals surface area contributed by atoms with Gasteiger partial charge in [0.2, 0.25) is 0 Å². The lowest BCUT2D eigenvalue weighted by Crippen LogP contribution is -2.40. The van der Waals surface area contributed by atoms with Crippen molar-refractivity contribution in [2.75, 3.05) is 26.7 Å². The van der Waals surface area contributed by atoms with Gasteiger partial charge in [-0.25, -0.2) is 4.79 Å². The molecule has 0 bridgehead atoms. The van der Waals surface area contributed by atoms with E-state index in [2.05, 4.69) is 17.6 Å². The van der Waals surface area contributed by atoms with Crippen LogP contribution in [0.2, 0.25) is 0 Å². The molecule has 0 aliphatic carbocycles. The van der Waals surface area contributed by atoms with Crippen LogP contribution in [0.5, 0.6) is 0 Å². The van der Waals surface area contributed by atoms with Gasteiger partial charge in [0, 0.05) is 32.7 Å². The molecule has 1 unspecified atom stereocenters. The third kappa shape index (κ3) is 2.37. The first kappa shape index (κ1) is 9.32. The molecule has 1 heterocycles. The number of carbonyl (C=O) groups excluding carboxylic acids is 1. The zero-order valence-corrected chi connectivity index (χ0v) is 7.76. The molecule has 1 aliphatic rings. The Morgan fingerprint density at radius 1 is 1.58 bits per heavy atom. The summed E-state index contributed by atoms with van der Waals surface area (Å²) in [6.07, 6.45) is 1.04. The Bertz CT molecular complexity index is 160. The monoisotopic (exact) mass is 171 g/mol. The molecule has 0 aromatic rings. The molecule has 0 aromatic carbocycles. The molecule has 0 saturated carbocycles. The first-order valence-corrected chi connectivity index (χ1v) is 4.44. The Morgan fingerprint density at radius 3 is 3.00 bits per heavy atom. The van der Waals surface area contributed by atoms with Crippen LogP contribution in [0.1, 0.15) is 13.3 Å². The van der Waals surface area contributed by atoms with Crippen LogP contribution < -0.4 is 10.6 Å². The molecule has 4 heteroatoms. The third-order valence-corrected chi connectivity index (χ3v) is 2.21. The molecule has 12 heavy (non-hydrogen) atoms. The quantitative estimate of drug-likeness (QED) is 0.539. The number of hydrogen-bond acceptors (Lipinski definition) is 2. The number of amides is 2. The number of carbonyl (C=O) groups is 1.